The summed E-state index contributed by atoms with van der Waals surface area (Å²) in [5.41, 5.74) is 7.88. The van der Waals surface area contributed by atoms with Gasteiger partial charge in [0.15, 0.2) is 0 Å². The lowest BCUT2D eigenvalue weighted by Crippen LogP contribution is -2.44. The molecule has 0 spiro atoms. The van der Waals surface area contributed by atoms with Crippen molar-refractivity contribution in [3.63, 3.8) is 0 Å². The number of carbonyl (C=O) groups excluding carboxylic acids is 1. The van der Waals surface area contributed by atoms with Gasteiger partial charge < -0.3 is 10.6 Å². The van der Waals surface area contributed by atoms with Gasteiger partial charge in [0.05, 0.1) is 0 Å². The fraction of sp³-hybridized carbons (Fsp3) is 0.562. The van der Waals surface area contributed by atoms with Crippen LogP contribution in [0.25, 0.3) is 0 Å². The van der Waals surface area contributed by atoms with Gasteiger partial charge in [-0.25, -0.2) is 0 Å². The molecule has 0 radical (unpaired) electrons. The Morgan fingerprint density at radius 1 is 1.32 bits per heavy atom. The molecule has 104 valence electrons. The van der Waals surface area contributed by atoms with Gasteiger partial charge in [0.25, 0.3) is 5.91 Å². The molecular formula is C16H24N2O. The van der Waals surface area contributed by atoms with Gasteiger partial charge in [-0.1, -0.05) is 17.7 Å². The highest BCUT2D eigenvalue weighted by molar-refractivity contribution is 5.94. The Kier molecular flexibility index (Phi) is 4.59. The summed E-state index contributed by atoms with van der Waals surface area (Å²) in [6, 6.07) is 8.54. The summed E-state index contributed by atoms with van der Waals surface area (Å²) in [5.74, 6) is 0.159. The summed E-state index contributed by atoms with van der Waals surface area (Å²) in [4.78, 5) is 14.6. The van der Waals surface area contributed by atoms with Crippen LogP contribution < -0.4 is 5.73 Å². The fourth-order valence-corrected chi connectivity index (χ4v) is 2.92. The van der Waals surface area contributed by atoms with E-state index < -0.39 is 0 Å². The molecule has 0 unspecified atom stereocenters. The number of rotatable bonds is 3. The first-order chi connectivity index (χ1) is 9.11. The predicted molar refractivity (Wildman–Crippen MR) is 78.1 cm³/mol. The Morgan fingerprint density at radius 3 is 2.58 bits per heavy atom. The molecule has 1 aromatic rings. The zero-order chi connectivity index (χ0) is 13.8. The van der Waals surface area contributed by atoms with E-state index in [1.54, 1.807) is 0 Å². The van der Waals surface area contributed by atoms with Gasteiger partial charge in [0.1, 0.15) is 0 Å². The summed E-state index contributed by atoms with van der Waals surface area (Å²) < 4.78 is 0. The normalized spacial score (nSPS) is 23.1. The number of aryl methyl sites for hydroxylation is 1. The smallest absolute Gasteiger partial charge is 0.254 e. The molecule has 1 saturated carbocycles. The van der Waals surface area contributed by atoms with Gasteiger partial charge in [-0.3, -0.25) is 4.79 Å². The molecule has 1 amide bonds. The molecule has 2 rings (SSSR count). The van der Waals surface area contributed by atoms with Crippen molar-refractivity contribution < 1.29 is 4.79 Å². The standard InChI is InChI=1S/C16H24N2O/c1-3-18(15-9-7-14(17)8-10-15)16(19)13-6-4-5-12(2)11-13/h4-6,11,14-15H,3,7-10,17H2,1-2H3. The average molecular weight is 260 g/mol. The number of nitrogens with two attached hydrogens (primary N) is 1. The molecule has 3 nitrogen and oxygen atoms in total. The van der Waals surface area contributed by atoms with Crippen LogP contribution in [0, 0.1) is 6.92 Å². The molecule has 1 fully saturated rings. The minimum atomic E-state index is 0.159. The molecule has 2 N–H and O–H groups in total. The van der Waals surface area contributed by atoms with Crippen LogP contribution in [0.5, 0.6) is 0 Å². The molecule has 0 aromatic heterocycles. The van der Waals surface area contributed by atoms with E-state index in [4.69, 9.17) is 5.73 Å². The van der Waals surface area contributed by atoms with Crippen molar-refractivity contribution in [3.05, 3.63) is 35.4 Å². The van der Waals surface area contributed by atoms with E-state index in [9.17, 15) is 4.79 Å². The highest BCUT2D eigenvalue weighted by Crippen LogP contribution is 2.23. The summed E-state index contributed by atoms with van der Waals surface area (Å²) in [7, 11) is 0. The lowest BCUT2D eigenvalue weighted by Gasteiger charge is -2.35. The van der Waals surface area contributed by atoms with Crippen LogP contribution in [0.3, 0.4) is 0 Å². The van der Waals surface area contributed by atoms with Crippen LogP contribution in [0.4, 0.5) is 0 Å². The number of nitrogens with zero attached hydrogens (tertiary/aromatic N) is 1. The minimum absolute atomic E-state index is 0.159. The van der Waals surface area contributed by atoms with Crippen LogP contribution in [0.15, 0.2) is 24.3 Å². The van der Waals surface area contributed by atoms with E-state index in [-0.39, 0.29) is 5.91 Å². The first-order valence-corrected chi connectivity index (χ1v) is 7.25. The molecule has 1 aromatic carbocycles. The van der Waals surface area contributed by atoms with Gasteiger partial charge in [-0.15, -0.1) is 0 Å². The van der Waals surface area contributed by atoms with Crippen LogP contribution in [-0.2, 0) is 0 Å². The molecule has 0 heterocycles. The lowest BCUT2D eigenvalue weighted by atomic mass is 9.90. The van der Waals surface area contributed by atoms with Crippen LogP contribution in [-0.4, -0.2) is 29.4 Å². The molecule has 0 saturated heterocycles. The topological polar surface area (TPSA) is 46.3 Å². The maximum absolute atomic E-state index is 12.6. The summed E-state index contributed by atoms with van der Waals surface area (Å²) >= 11 is 0. The molecule has 3 heteroatoms. The van der Waals surface area contributed by atoms with E-state index in [0.29, 0.717) is 12.1 Å². The second-order valence-corrected chi connectivity index (χ2v) is 5.53. The van der Waals surface area contributed by atoms with Gasteiger partial charge in [0.2, 0.25) is 0 Å². The monoisotopic (exact) mass is 260 g/mol. The Hall–Kier alpha value is -1.35. The quantitative estimate of drug-likeness (QED) is 0.908. The maximum Gasteiger partial charge on any atom is 0.254 e. The lowest BCUT2D eigenvalue weighted by molar-refractivity contribution is 0.0640. The van der Waals surface area contributed by atoms with Gasteiger partial charge in [0, 0.05) is 24.2 Å². The highest BCUT2D eigenvalue weighted by atomic mass is 16.2. The second kappa shape index (κ2) is 6.20. The molecule has 0 bridgehead atoms. The van der Waals surface area contributed by atoms with Crippen molar-refractivity contribution in [1.29, 1.82) is 0 Å². The van der Waals surface area contributed by atoms with Crippen molar-refractivity contribution >= 4 is 5.91 Å². The Balaban J connectivity index is 2.11. The van der Waals surface area contributed by atoms with Crippen LogP contribution >= 0.6 is 0 Å². The fourth-order valence-electron chi connectivity index (χ4n) is 2.92. The van der Waals surface area contributed by atoms with Gasteiger partial charge in [-0.05, 0) is 51.7 Å². The predicted octanol–water partition coefficient (Wildman–Crippen LogP) is 2.73. The van der Waals surface area contributed by atoms with Gasteiger partial charge >= 0.3 is 0 Å². The molecule has 1 aliphatic rings. The number of carbonyl (C=O) groups is 1. The molecular weight excluding hydrogens is 236 g/mol. The van der Waals surface area contributed by atoms with E-state index in [1.807, 2.05) is 36.1 Å². The average Bonchev–Trinajstić information content (AvgIpc) is 2.41. The van der Waals surface area contributed by atoms with E-state index >= 15 is 0 Å². The summed E-state index contributed by atoms with van der Waals surface area (Å²) in [6.45, 7) is 4.85. The van der Waals surface area contributed by atoms with Crippen LogP contribution in [0.1, 0.15) is 48.5 Å². The summed E-state index contributed by atoms with van der Waals surface area (Å²) in [5, 5.41) is 0. The maximum atomic E-state index is 12.6. The number of hydrogen-bond donors (Lipinski definition) is 1. The largest absolute Gasteiger partial charge is 0.336 e. The number of amides is 1. The van der Waals surface area contributed by atoms with E-state index in [1.165, 1.54) is 0 Å². The second-order valence-electron chi connectivity index (χ2n) is 5.53. The first kappa shape index (κ1) is 14.1. The number of benzene rings is 1. The van der Waals surface area contributed by atoms with Crippen molar-refractivity contribution in [3.8, 4) is 0 Å². The Morgan fingerprint density at radius 2 is 2.00 bits per heavy atom. The van der Waals surface area contributed by atoms with Crippen LogP contribution in [0.2, 0.25) is 0 Å². The molecule has 0 atom stereocenters. The third-order valence-corrected chi connectivity index (χ3v) is 4.05. The molecule has 0 aliphatic heterocycles. The SMILES string of the molecule is CCN(C(=O)c1cccc(C)c1)C1CCC(N)CC1. The third kappa shape index (κ3) is 3.35. The van der Waals surface area contributed by atoms with E-state index in [0.717, 1.165) is 43.4 Å². The zero-order valence-corrected chi connectivity index (χ0v) is 11.9. The molecule has 19 heavy (non-hydrogen) atoms. The summed E-state index contributed by atoms with van der Waals surface area (Å²) in [6.07, 6.45) is 4.13. The van der Waals surface area contributed by atoms with Crippen molar-refractivity contribution in [2.45, 2.75) is 51.6 Å². The highest BCUT2D eigenvalue weighted by Gasteiger charge is 2.27. The van der Waals surface area contributed by atoms with Gasteiger partial charge in [-0.2, -0.15) is 0 Å². The third-order valence-electron chi connectivity index (χ3n) is 4.05. The zero-order valence-electron chi connectivity index (χ0n) is 11.9. The minimum Gasteiger partial charge on any atom is -0.336 e. The van der Waals surface area contributed by atoms with Crippen molar-refractivity contribution in [1.82, 2.24) is 4.90 Å². The Bertz CT molecular complexity index is 436. The Labute approximate surface area is 115 Å². The van der Waals surface area contributed by atoms with Crippen molar-refractivity contribution in [2.75, 3.05) is 6.54 Å². The van der Waals surface area contributed by atoms with Crippen molar-refractivity contribution in [2.24, 2.45) is 5.73 Å². The molecule has 1 aliphatic carbocycles. The number of hydrogen-bond acceptors (Lipinski definition) is 2. The first-order valence-electron chi connectivity index (χ1n) is 7.25. The van der Waals surface area contributed by atoms with E-state index in [2.05, 4.69) is 6.92 Å².